The number of hydrogen-bond acceptors (Lipinski definition) is 5. The lowest BCUT2D eigenvalue weighted by molar-refractivity contribution is -0.143. The molecule has 1 spiro atoms. The summed E-state index contributed by atoms with van der Waals surface area (Å²) in [6, 6.07) is 9.56. The molecule has 5 rings (SSSR count). The van der Waals surface area contributed by atoms with Crippen LogP contribution < -0.4 is 10.6 Å². The molecule has 7 nitrogen and oxygen atoms in total. The number of likely N-dealkylation sites (tertiary alicyclic amines) is 1. The number of aliphatic hydroxyl groups excluding tert-OH is 1. The van der Waals surface area contributed by atoms with Gasteiger partial charge in [-0.25, -0.2) is 0 Å². The molecule has 3 heterocycles. The van der Waals surface area contributed by atoms with E-state index in [4.69, 9.17) is 23.2 Å². The largest absolute Gasteiger partial charge is 0.392 e. The number of aliphatic hydroxyl groups is 1. The number of anilines is 1. The molecule has 2 saturated heterocycles. The molecule has 0 saturated carbocycles. The van der Waals surface area contributed by atoms with Crippen molar-refractivity contribution in [1.29, 1.82) is 0 Å². The average Bonchev–Trinajstić information content (AvgIpc) is 3.31. The highest BCUT2D eigenvalue weighted by atomic mass is 35.5. The molecule has 9 heteroatoms. The number of benzene rings is 2. The predicted molar refractivity (Wildman–Crippen MR) is 119 cm³/mol. The van der Waals surface area contributed by atoms with E-state index in [9.17, 15) is 19.5 Å². The molecular formula is C23H21Cl2N3O4. The zero-order chi connectivity index (χ0) is 22.9. The Hall–Kier alpha value is -2.45. The molecule has 2 fully saturated rings. The van der Waals surface area contributed by atoms with E-state index in [0.29, 0.717) is 26.9 Å². The maximum atomic E-state index is 13.7. The van der Waals surface area contributed by atoms with Crippen molar-refractivity contribution >= 4 is 46.6 Å². The highest BCUT2D eigenvalue weighted by Gasteiger charge is 2.71. The van der Waals surface area contributed by atoms with Gasteiger partial charge in [-0.3, -0.25) is 24.6 Å². The highest BCUT2D eigenvalue weighted by molar-refractivity contribution is 6.31. The van der Waals surface area contributed by atoms with Crippen molar-refractivity contribution in [3.8, 4) is 0 Å². The fraction of sp³-hybridized carbons (Fsp3) is 0.348. The molecule has 166 valence electrons. The molecule has 3 amide bonds. The van der Waals surface area contributed by atoms with Gasteiger partial charge >= 0.3 is 0 Å². The summed E-state index contributed by atoms with van der Waals surface area (Å²) in [6.45, 7) is 3.35. The predicted octanol–water partition coefficient (Wildman–Crippen LogP) is 2.60. The van der Waals surface area contributed by atoms with Crippen LogP contribution in [-0.4, -0.2) is 39.9 Å². The van der Waals surface area contributed by atoms with Gasteiger partial charge < -0.3 is 10.4 Å². The van der Waals surface area contributed by atoms with Crippen molar-refractivity contribution in [3.63, 3.8) is 0 Å². The number of aryl methyl sites for hydroxylation is 1. The van der Waals surface area contributed by atoms with Crippen molar-refractivity contribution in [3.05, 3.63) is 63.1 Å². The van der Waals surface area contributed by atoms with Gasteiger partial charge in [0, 0.05) is 27.3 Å². The fourth-order valence-corrected chi connectivity index (χ4v) is 5.86. The van der Waals surface area contributed by atoms with Gasteiger partial charge in [0.1, 0.15) is 5.54 Å². The number of hydrogen-bond donors (Lipinski definition) is 3. The molecule has 3 aliphatic heterocycles. The number of carbonyl (C=O) groups is 3. The molecule has 2 aromatic rings. The van der Waals surface area contributed by atoms with E-state index in [0.717, 1.165) is 10.5 Å². The molecule has 32 heavy (non-hydrogen) atoms. The Labute approximate surface area is 194 Å². The second-order valence-corrected chi connectivity index (χ2v) is 9.52. The normalized spacial score (nSPS) is 29.5. The van der Waals surface area contributed by atoms with Gasteiger partial charge in [0.05, 0.1) is 24.5 Å². The summed E-state index contributed by atoms with van der Waals surface area (Å²) >= 11 is 12.6. The van der Waals surface area contributed by atoms with Crippen LogP contribution in [0.5, 0.6) is 0 Å². The van der Waals surface area contributed by atoms with Crippen molar-refractivity contribution in [2.45, 2.75) is 38.1 Å². The Morgan fingerprint density at radius 3 is 2.56 bits per heavy atom. The van der Waals surface area contributed by atoms with Gasteiger partial charge in [0.25, 0.3) is 0 Å². The van der Waals surface area contributed by atoms with E-state index in [1.165, 1.54) is 0 Å². The summed E-state index contributed by atoms with van der Waals surface area (Å²) in [5, 5.41) is 17.4. The molecule has 0 radical (unpaired) electrons. The third kappa shape index (κ3) is 2.78. The van der Waals surface area contributed by atoms with Gasteiger partial charge in [-0.1, -0.05) is 41.4 Å². The lowest BCUT2D eigenvalue weighted by atomic mass is 9.76. The molecule has 0 aromatic heterocycles. The van der Waals surface area contributed by atoms with Crippen LogP contribution in [0.4, 0.5) is 5.69 Å². The van der Waals surface area contributed by atoms with Crippen molar-refractivity contribution in [2.75, 3.05) is 5.32 Å². The number of halogens is 2. The van der Waals surface area contributed by atoms with Crippen molar-refractivity contribution < 1.29 is 19.5 Å². The van der Waals surface area contributed by atoms with Crippen LogP contribution in [0.25, 0.3) is 0 Å². The molecule has 3 N–H and O–H groups in total. The first-order chi connectivity index (χ1) is 15.2. The van der Waals surface area contributed by atoms with E-state index in [1.54, 1.807) is 43.3 Å². The first kappa shape index (κ1) is 21.4. The summed E-state index contributed by atoms with van der Waals surface area (Å²) in [6.07, 6.45) is -0.976. The van der Waals surface area contributed by atoms with Crippen LogP contribution in [0.2, 0.25) is 10.0 Å². The van der Waals surface area contributed by atoms with Gasteiger partial charge in [-0.2, -0.15) is 0 Å². The lowest BCUT2D eigenvalue weighted by Gasteiger charge is -2.30. The van der Waals surface area contributed by atoms with Crippen LogP contribution in [0, 0.1) is 18.8 Å². The maximum Gasteiger partial charge on any atom is 0.250 e. The molecule has 0 aliphatic carbocycles. The van der Waals surface area contributed by atoms with E-state index in [2.05, 4.69) is 10.6 Å². The standard InChI is InChI=1S/C23H21Cl2N3O4/c1-10-7-13(24)8-14-18(10)26-22(32)23(14)17-16(19(27-23)11(2)29)20(30)28(21(17)31)9-12-5-3-4-6-15(12)25/h3-8,11,16-17,19,27,29H,9H2,1-2H3,(H,26,32)/t11-,16-,17-,19-,23+/m0/s1. The summed E-state index contributed by atoms with van der Waals surface area (Å²) in [5.41, 5.74) is 0.968. The Balaban J connectivity index is 1.65. The van der Waals surface area contributed by atoms with Gasteiger partial charge in [-0.05, 0) is 43.2 Å². The average molecular weight is 474 g/mol. The summed E-state index contributed by atoms with van der Waals surface area (Å²) < 4.78 is 0. The highest BCUT2D eigenvalue weighted by Crippen LogP contribution is 2.54. The number of nitrogens with zero attached hydrogens (tertiary/aromatic N) is 1. The topological polar surface area (TPSA) is 98.7 Å². The lowest BCUT2D eigenvalue weighted by Crippen LogP contribution is -2.54. The van der Waals surface area contributed by atoms with Crippen LogP contribution >= 0.6 is 23.2 Å². The quantitative estimate of drug-likeness (QED) is 0.595. The van der Waals surface area contributed by atoms with Crippen LogP contribution in [0.1, 0.15) is 23.6 Å². The zero-order valence-corrected chi connectivity index (χ0v) is 18.9. The van der Waals surface area contributed by atoms with Gasteiger partial charge in [-0.15, -0.1) is 0 Å². The summed E-state index contributed by atoms with van der Waals surface area (Å²) in [7, 11) is 0. The Bertz CT molecular complexity index is 1180. The van der Waals surface area contributed by atoms with Crippen molar-refractivity contribution in [2.24, 2.45) is 11.8 Å². The SMILES string of the molecule is Cc1cc(Cl)cc2c1NC(=O)[C@@]21N[C@@H]([C@H](C)O)[C@H]2C(=O)N(Cc3ccccc3Cl)C(=O)[C@H]21. The minimum absolute atomic E-state index is 0.00397. The monoisotopic (exact) mass is 473 g/mol. The van der Waals surface area contributed by atoms with Crippen LogP contribution in [-0.2, 0) is 26.5 Å². The third-order valence-electron chi connectivity index (χ3n) is 6.82. The van der Waals surface area contributed by atoms with E-state index < -0.39 is 47.2 Å². The Morgan fingerprint density at radius 2 is 1.88 bits per heavy atom. The third-order valence-corrected chi connectivity index (χ3v) is 7.40. The first-order valence-corrected chi connectivity index (χ1v) is 11.1. The fourth-order valence-electron chi connectivity index (χ4n) is 5.39. The maximum absolute atomic E-state index is 13.7. The van der Waals surface area contributed by atoms with Gasteiger partial charge in [0.15, 0.2) is 0 Å². The minimum atomic E-state index is -1.50. The molecule has 2 aromatic carbocycles. The number of fused-ring (bicyclic) bond motifs is 4. The number of nitrogens with one attached hydrogen (secondary N) is 2. The second-order valence-electron chi connectivity index (χ2n) is 8.68. The van der Waals surface area contributed by atoms with Crippen LogP contribution in [0.15, 0.2) is 36.4 Å². The van der Waals surface area contributed by atoms with E-state index in [-0.39, 0.29) is 6.54 Å². The smallest absolute Gasteiger partial charge is 0.250 e. The first-order valence-electron chi connectivity index (χ1n) is 10.3. The Kier molecular flexibility index (Phi) is 4.87. The van der Waals surface area contributed by atoms with E-state index >= 15 is 0 Å². The number of amides is 3. The molecular weight excluding hydrogens is 453 g/mol. The summed E-state index contributed by atoms with van der Waals surface area (Å²) in [4.78, 5) is 41.7. The second kappa shape index (κ2) is 7.28. The zero-order valence-electron chi connectivity index (χ0n) is 17.4. The Morgan fingerprint density at radius 1 is 1.16 bits per heavy atom. The number of rotatable bonds is 3. The number of imide groups is 1. The van der Waals surface area contributed by atoms with Gasteiger partial charge in [0.2, 0.25) is 17.7 Å². The number of carbonyl (C=O) groups excluding carboxylic acids is 3. The van der Waals surface area contributed by atoms with Crippen molar-refractivity contribution in [1.82, 2.24) is 10.2 Å². The molecule has 0 bridgehead atoms. The molecule has 3 aliphatic rings. The summed E-state index contributed by atoms with van der Waals surface area (Å²) in [5.74, 6) is -3.26. The molecule has 5 atom stereocenters. The molecule has 0 unspecified atom stereocenters. The van der Waals surface area contributed by atoms with E-state index in [1.807, 2.05) is 6.92 Å². The van der Waals surface area contributed by atoms with Crippen LogP contribution in [0.3, 0.4) is 0 Å². The minimum Gasteiger partial charge on any atom is -0.392 e.